The first-order chi connectivity index (χ1) is 20.6. The number of likely N-dealkylation sites (tertiary alicyclic amines) is 1. The number of aliphatic hydroxyl groups is 1. The van der Waals surface area contributed by atoms with Gasteiger partial charge in [0.05, 0.1) is 29.2 Å². The Balaban J connectivity index is 1.64. The number of aliphatic hydroxyl groups excluding tert-OH is 1. The first-order valence-corrected chi connectivity index (χ1v) is 16.1. The van der Waals surface area contributed by atoms with Crippen LogP contribution in [0, 0.1) is 23.7 Å². The van der Waals surface area contributed by atoms with E-state index in [0.717, 1.165) is 5.69 Å². The van der Waals surface area contributed by atoms with Crippen molar-refractivity contribution >= 4 is 52.5 Å². The van der Waals surface area contributed by atoms with Gasteiger partial charge in [-0.3, -0.25) is 14.4 Å². The zero-order valence-electron chi connectivity index (χ0n) is 24.9. The fourth-order valence-corrected chi connectivity index (χ4v) is 9.98. The van der Waals surface area contributed by atoms with Crippen LogP contribution in [0.1, 0.15) is 27.2 Å². The van der Waals surface area contributed by atoms with Crippen LogP contribution in [0.3, 0.4) is 0 Å². The maximum atomic E-state index is 14.9. The average molecular weight is 622 g/mol. The molecule has 43 heavy (non-hydrogen) atoms. The zero-order valence-corrected chi connectivity index (χ0v) is 26.5. The number of nitrogens with zero attached hydrogens (tertiary/aromatic N) is 3. The van der Waals surface area contributed by atoms with E-state index in [9.17, 15) is 19.5 Å². The van der Waals surface area contributed by atoms with E-state index in [2.05, 4.69) is 20.1 Å². The summed E-state index contributed by atoms with van der Waals surface area (Å²) >= 11 is 7.80. The number of fused-ring (bicyclic) bond motifs is 1. The van der Waals surface area contributed by atoms with Crippen molar-refractivity contribution in [2.45, 2.75) is 49.3 Å². The van der Waals surface area contributed by atoms with Crippen LogP contribution < -0.4 is 9.80 Å². The summed E-state index contributed by atoms with van der Waals surface area (Å²) in [6.45, 7) is 14.0. The van der Waals surface area contributed by atoms with E-state index in [1.165, 1.54) is 0 Å². The molecule has 0 saturated carbocycles. The maximum absolute atomic E-state index is 14.9. The normalized spacial score (nSPS) is 28.1. The van der Waals surface area contributed by atoms with E-state index < -0.39 is 28.7 Å². The van der Waals surface area contributed by atoms with Crippen molar-refractivity contribution in [1.29, 1.82) is 0 Å². The van der Waals surface area contributed by atoms with Crippen molar-refractivity contribution in [3.63, 3.8) is 0 Å². The van der Waals surface area contributed by atoms with Crippen molar-refractivity contribution < 1.29 is 19.5 Å². The van der Waals surface area contributed by atoms with Gasteiger partial charge in [-0.2, -0.15) is 0 Å². The highest BCUT2D eigenvalue weighted by Crippen LogP contribution is 2.69. The van der Waals surface area contributed by atoms with Gasteiger partial charge in [0, 0.05) is 34.7 Å². The molecule has 228 valence electrons. The Morgan fingerprint density at radius 3 is 2.19 bits per heavy atom. The van der Waals surface area contributed by atoms with Crippen LogP contribution in [-0.4, -0.2) is 69.5 Å². The number of amides is 3. The van der Waals surface area contributed by atoms with Crippen LogP contribution in [0.15, 0.2) is 79.9 Å². The average Bonchev–Trinajstić information content (AvgIpc) is 3.59. The first kappa shape index (κ1) is 31.4. The van der Waals surface area contributed by atoms with Crippen molar-refractivity contribution in [3.8, 4) is 0 Å². The van der Waals surface area contributed by atoms with Gasteiger partial charge in [-0.1, -0.05) is 62.7 Å². The molecule has 0 aromatic heterocycles. The highest BCUT2D eigenvalue weighted by Gasteiger charge is 2.77. The number of rotatable bonds is 11. The van der Waals surface area contributed by atoms with E-state index in [4.69, 9.17) is 11.6 Å². The van der Waals surface area contributed by atoms with Crippen LogP contribution in [-0.2, 0) is 14.4 Å². The Bertz CT molecular complexity index is 1390. The van der Waals surface area contributed by atoms with Gasteiger partial charge >= 0.3 is 0 Å². The summed E-state index contributed by atoms with van der Waals surface area (Å²) in [5.74, 6) is -2.03. The summed E-state index contributed by atoms with van der Waals surface area (Å²) in [5.41, 5.74) is 1.39. The molecule has 3 saturated heterocycles. The molecule has 7 nitrogen and oxygen atoms in total. The fourth-order valence-electron chi connectivity index (χ4n) is 7.46. The van der Waals surface area contributed by atoms with Crippen LogP contribution in [0.25, 0.3) is 0 Å². The predicted molar refractivity (Wildman–Crippen MR) is 174 cm³/mol. The number of halogens is 1. The molecule has 9 heteroatoms. The monoisotopic (exact) mass is 621 g/mol. The highest BCUT2D eigenvalue weighted by atomic mass is 35.5. The number of para-hydroxylation sites is 1. The smallest absolute Gasteiger partial charge is 0.251 e. The molecule has 5 rings (SSSR count). The molecule has 2 aromatic carbocycles. The molecule has 0 radical (unpaired) electrons. The van der Waals surface area contributed by atoms with E-state index in [1.54, 1.807) is 62.9 Å². The third kappa shape index (κ3) is 5.11. The molecule has 3 fully saturated rings. The minimum absolute atomic E-state index is 0.00802. The molecule has 1 N–H and O–H groups in total. The number of hydrogen-bond donors (Lipinski definition) is 1. The number of carbonyl (C=O) groups is 3. The van der Waals surface area contributed by atoms with Crippen LogP contribution in [0.2, 0.25) is 5.02 Å². The van der Waals surface area contributed by atoms with Crippen molar-refractivity contribution in [3.05, 3.63) is 84.9 Å². The largest absolute Gasteiger partial charge is 0.394 e. The summed E-state index contributed by atoms with van der Waals surface area (Å²) in [6, 6.07) is 15.0. The van der Waals surface area contributed by atoms with Gasteiger partial charge in [-0.05, 0) is 54.7 Å². The molecular formula is C34H40ClN3O4S. The number of hydrogen-bond acceptors (Lipinski definition) is 5. The molecule has 3 amide bonds. The van der Waals surface area contributed by atoms with Crippen molar-refractivity contribution in [1.82, 2.24) is 4.90 Å². The third-order valence-corrected chi connectivity index (χ3v) is 11.7. The van der Waals surface area contributed by atoms with E-state index in [-0.39, 0.29) is 48.0 Å². The molecule has 3 heterocycles. The highest BCUT2D eigenvalue weighted by molar-refractivity contribution is 8.02. The van der Waals surface area contributed by atoms with E-state index >= 15 is 0 Å². The molecule has 3 aliphatic rings. The van der Waals surface area contributed by atoms with Gasteiger partial charge in [-0.25, -0.2) is 0 Å². The predicted octanol–water partition coefficient (Wildman–Crippen LogP) is 5.43. The van der Waals surface area contributed by atoms with Gasteiger partial charge in [0.1, 0.15) is 6.04 Å². The lowest BCUT2D eigenvalue weighted by Gasteiger charge is -2.43. The lowest BCUT2D eigenvalue weighted by Crippen LogP contribution is -2.60. The number of benzene rings is 2. The quantitative estimate of drug-likeness (QED) is 0.338. The molecule has 1 spiro atoms. The Labute approximate surface area is 263 Å². The van der Waals surface area contributed by atoms with Gasteiger partial charge in [0.25, 0.3) is 5.91 Å². The Hall–Kier alpha value is -3.07. The zero-order chi connectivity index (χ0) is 31.1. The Morgan fingerprint density at radius 1 is 1.05 bits per heavy atom. The second kappa shape index (κ2) is 12.5. The standard InChI is InChI=1S/C34H40ClN3O4S/c1-6-17-36(24-11-9-8-10-12-24)31(40)28-27-19-22(5)34(43-27)29(28)32(41)38(26(20-39)21(3)4)30(34)33(42)37(18-7-2)25-15-13-23(35)14-16-25/h6-16,21-22,26-30,39H,1-2,17-20H2,3-5H3/t22?,26-,27+,28-,29-,30?,34?/m0/s1. The molecule has 3 unspecified atom stereocenters. The minimum atomic E-state index is -0.868. The topological polar surface area (TPSA) is 81.2 Å². The van der Waals surface area contributed by atoms with Crippen LogP contribution in [0.5, 0.6) is 0 Å². The van der Waals surface area contributed by atoms with E-state index in [1.807, 2.05) is 44.2 Å². The Morgan fingerprint density at radius 2 is 1.63 bits per heavy atom. The summed E-state index contributed by atoms with van der Waals surface area (Å²) in [5, 5.41) is 11.0. The summed E-state index contributed by atoms with van der Waals surface area (Å²) in [6.07, 6.45) is 4.07. The summed E-state index contributed by atoms with van der Waals surface area (Å²) < 4.78 is -0.830. The molecular weight excluding hydrogens is 582 g/mol. The molecule has 0 aliphatic carbocycles. The van der Waals surface area contributed by atoms with Crippen LogP contribution >= 0.6 is 23.4 Å². The minimum Gasteiger partial charge on any atom is -0.394 e. The first-order valence-electron chi connectivity index (χ1n) is 14.9. The van der Waals surface area contributed by atoms with E-state index in [0.29, 0.717) is 23.7 Å². The van der Waals surface area contributed by atoms with Gasteiger partial charge in [0.2, 0.25) is 11.8 Å². The lowest BCUT2D eigenvalue weighted by molar-refractivity contribution is -0.142. The van der Waals surface area contributed by atoms with Crippen LogP contribution in [0.4, 0.5) is 11.4 Å². The molecule has 2 aromatic rings. The number of anilines is 2. The third-order valence-electron chi connectivity index (χ3n) is 9.38. The maximum Gasteiger partial charge on any atom is 0.251 e. The van der Waals surface area contributed by atoms with Gasteiger partial charge in [0.15, 0.2) is 0 Å². The molecule has 2 bridgehead atoms. The van der Waals surface area contributed by atoms with Gasteiger partial charge in [-0.15, -0.1) is 24.9 Å². The summed E-state index contributed by atoms with van der Waals surface area (Å²) in [4.78, 5) is 49.1. The summed E-state index contributed by atoms with van der Waals surface area (Å²) in [7, 11) is 0. The SMILES string of the molecule is C=CCN(C(=O)C1N([C@@H](CO)C(C)C)C(=O)[C@@H]2[C@@H](C(=O)N(CC=C)c3ccccc3)[C@H]3CC(C)C12S3)c1ccc(Cl)cc1. The molecule has 3 aliphatic heterocycles. The van der Waals surface area contributed by atoms with Crippen molar-refractivity contribution in [2.75, 3.05) is 29.5 Å². The number of carbonyl (C=O) groups excluding carboxylic acids is 3. The second-order valence-corrected chi connectivity index (χ2v) is 14.1. The Kier molecular flexibility index (Phi) is 9.12. The van der Waals surface area contributed by atoms with Crippen molar-refractivity contribution in [2.24, 2.45) is 23.7 Å². The molecule has 7 atom stereocenters. The van der Waals surface area contributed by atoms with Gasteiger partial charge < -0.3 is 19.8 Å². The number of thioether (sulfide) groups is 1. The lowest BCUT2D eigenvalue weighted by atomic mass is 9.65. The fraction of sp³-hybridized carbons (Fsp3) is 0.441. The second-order valence-electron chi connectivity index (χ2n) is 12.1.